The molecule has 1 heterocycles. The van der Waals surface area contributed by atoms with Crippen molar-refractivity contribution in [1.29, 1.82) is 0 Å². The van der Waals surface area contributed by atoms with Crippen molar-refractivity contribution in [2.45, 2.75) is 106 Å². The van der Waals surface area contributed by atoms with Gasteiger partial charge in [-0.1, -0.05) is 0 Å². The van der Waals surface area contributed by atoms with E-state index < -0.39 is 17.4 Å². The van der Waals surface area contributed by atoms with E-state index >= 15 is 0 Å². The number of benzene rings is 3. The summed E-state index contributed by atoms with van der Waals surface area (Å²) in [4.78, 5) is 2.60. The van der Waals surface area contributed by atoms with Crippen molar-refractivity contribution in [3.8, 4) is 11.1 Å². The summed E-state index contributed by atoms with van der Waals surface area (Å²) in [5.41, 5.74) is 17.6. The van der Waals surface area contributed by atoms with Gasteiger partial charge < -0.3 is 0 Å². The fraction of sp³-hybridized carbons (Fsp3) is 0.409. The fourth-order valence-electron chi connectivity index (χ4n) is 8.91. The first kappa shape index (κ1) is 39.9. The Hall–Kier alpha value is -1.90. The van der Waals surface area contributed by atoms with Gasteiger partial charge in [0.25, 0.3) is 0 Å². The van der Waals surface area contributed by atoms with Crippen LogP contribution < -0.4 is 4.90 Å². The van der Waals surface area contributed by atoms with Crippen LogP contribution in [0.15, 0.2) is 98.5 Å². The fourth-order valence-corrected chi connectivity index (χ4v) is 28.0. The number of rotatable bonds is 5. The van der Waals surface area contributed by atoms with E-state index in [9.17, 15) is 0 Å². The first-order valence-electron chi connectivity index (χ1n) is 17.8. The zero-order valence-corrected chi connectivity index (χ0v) is 37.7. The molecule has 0 radical (unpaired) electrons. The van der Waals surface area contributed by atoms with E-state index in [1.165, 1.54) is 50.3 Å². The van der Waals surface area contributed by atoms with Gasteiger partial charge in [0.2, 0.25) is 0 Å². The second-order valence-corrected chi connectivity index (χ2v) is 47.6. The summed E-state index contributed by atoms with van der Waals surface area (Å²) < 4.78 is 7.72. The van der Waals surface area contributed by atoms with Crippen LogP contribution in [0.2, 0.25) is 9.26 Å². The molecule has 0 aromatic heterocycles. The molecule has 0 fully saturated rings. The predicted octanol–water partition coefficient (Wildman–Crippen LogP) is 12.5. The molecule has 0 saturated carbocycles. The topological polar surface area (TPSA) is 3.24 Å². The summed E-state index contributed by atoms with van der Waals surface area (Å²) in [6, 6.07) is 23.8. The number of aryl methyl sites for hydroxylation is 1. The number of fused-ring (bicyclic) bond motifs is 2. The number of hydrogen-bond donors (Lipinski definition) is 0. The van der Waals surface area contributed by atoms with Crippen LogP contribution in [0.5, 0.6) is 0 Å². The third-order valence-electron chi connectivity index (χ3n) is 11.3. The first-order chi connectivity index (χ1) is 21.7. The van der Waals surface area contributed by atoms with E-state index in [-0.39, 0.29) is 35.6 Å². The van der Waals surface area contributed by atoms with E-state index in [0.717, 1.165) is 0 Å². The Morgan fingerprint density at radius 1 is 0.755 bits per heavy atom. The molecule has 3 aliphatic rings. The summed E-state index contributed by atoms with van der Waals surface area (Å²) in [7, 11) is 0. The molecule has 0 N–H and O–H groups in total. The second-order valence-electron chi connectivity index (χ2n) is 18.2. The molecule has 3 aromatic carbocycles. The molecule has 2 aliphatic carbocycles. The predicted molar refractivity (Wildman–Crippen MR) is 222 cm³/mol. The van der Waals surface area contributed by atoms with Gasteiger partial charge in [0, 0.05) is 0 Å². The minimum atomic E-state index is -3.78. The molecule has 6 rings (SSSR count). The van der Waals surface area contributed by atoms with Gasteiger partial charge in [0.1, 0.15) is 0 Å². The monoisotopic (exact) mass is 789 g/mol. The average Bonchev–Trinajstić information content (AvgIpc) is 3.62. The molecule has 2 atom stereocenters. The zero-order valence-electron chi connectivity index (χ0n) is 32.2. The molecule has 1 aliphatic heterocycles. The third-order valence-corrected chi connectivity index (χ3v) is 27.6. The normalized spacial score (nSPS) is 19.2. The average molecular weight is 792 g/mol. The van der Waals surface area contributed by atoms with Crippen molar-refractivity contribution in [2.75, 3.05) is 4.90 Å². The van der Waals surface area contributed by atoms with Crippen molar-refractivity contribution >= 4 is 43.5 Å². The maximum atomic E-state index is 2.75. The van der Waals surface area contributed by atoms with Crippen LogP contribution in [0.1, 0.15) is 101 Å². The van der Waals surface area contributed by atoms with Crippen molar-refractivity contribution in [1.82, 2.24) is 0 Å². The Morgan fingerprint density at radius 3 is 1.80 bits per heavy atom. The largest absolute Gasteiger partial charge is 0.147 e. The first-order valence-corrected chi connectivity index (χ1v) is 31.3. The van der Waals surface area contributed by atoms with Gasteiger partial charge >= 0.3 is 290 Å². The molecule has 262 valence electrons. The van der Waals surface area contributed by atoms with E-state index in [2.05, 4.69) is 176 Å². The Bertz CT molecular complexity index is 1970. The van der Waals surface area contributed by atoms with Gasteiger partial charge in [0.15, 0.2) is 0 Å². The van der Waals surface area contributed by atoms with Crippen LogP contribution in [-0.2, 0) is 28.2 Å². The van der Waals surface area contributed by atoms with Gasteiger partial charge in [-0.25, -0.2) is 0 Å². The molecule has 5 heteroatoms. The molecule has 0 spiro atoms. The standard InChI is InChI=1S/C21H26N.C21H23.2CH3.2ClH.H2Si.Zr/c1-14(2)16-12-17-11-15(3)22(20(17)13-16)19-9-7-18(8-10-19)21(4,5)6;1-14-12-19-15(2)6-11-18(20(19)13-14)16-7-9-17(10-8-16)21(3,4)5;;;;;;/h7-11,13-15H,1-6H3;6-13H,1-5H3;2*1H3;2*1H;1H2;. The van der Waals surface area contributed by atoms with Crippen molar-refractivity contribution in [3.05, 3.63) is 126 Å². The van der Waals surface area contributed by atoms with Crippen LogP contribution in [-0.4, -0.2) is 12.9 Å². The summed E-state index contributed by atoms with van der Waals surface area (Å²) >= 11 is -3.78. The van der Waals surface area contributed by atoms with E-state index in [1.807, 2.05) is 0 Å². The van der Waals surface area contributed by atoms with E-state index in [0.29, 0.717) is 15.6 Å². The Morgan fingerprint density at radius 2 is 1.29 bits per heavy atom. The van der Waals surface area contributed by atoms with Gasteiger partial charge in [0.05, 0.1) is 0 Å². The van der Waals surface area contributed by atoms with Crippen molar-refractivity contribution < 1.29 is 17.4 Å². The molecule has 0 bridgehead atoms. The SMILES string of the molecule is CC1=Cc2c(-c3ccc(C(C)(C)C)cc3)ccc(C)c2[CH]1[Zr]([CH3])([CH3])(=[SiH2])[C]1=C(C(C)C)C=C2C1=CC(C)N2c1ccc(C(C)(C)C)cc1.Cl.Cl. The maximum absolute atomic E-state index is 3.78. The molecular weight excluding hydrogens is 733 g/mol. The van der Waals surface area contributed by atoms with Gasteiger partial charge in [-0.3, -0.25) is 0 Å². The quantitative estimate of drug-likeness (QED) is 0.233. The van der Waals surface area contributed by atoms with Crippen LogP contribution >= 0.6 is 24.8 Å². The molecule has 49 heavy (non-hydrogen) atoms. The van der Waals surface area contributed by atoms with Crippen LogP contribution in [0, 0.1) is 12.8 Å². The van der Waals surface area contributed by atoms with Crippen molar-refractivity contribution in [2.24, 2.45) is 5.92 Å². The summed E-state index contributed by atoms with van der Waals surface area (Å²) in [5, 5.41) is 0. The molecular formula is C44H59Cl2NSiZr. The minimum Gasteiger partial charge on any atom is -0.147 e. The Kier molecular flexibility index (Phi) is 10.8. The van der Waals surface area contributed by atoms with E-state index in [1.54, 1.807) is 20.0 Å². The molecule has 3 aromatic rings. The van der Waals surface area contributed by atoms with E-state index in [4.69, 9.17) is 0 Å². The minimum absolute atomic E-state index is 0. The summed E-state index contributed by atoms with van der Waals surface area (Å²) in [5.74, 6) is 0.473. The number of allylic oxidation sites excluding steroid dienone is 4. The number of halogens is 2. The van der Waals surface area contributed by atoms with Gasteiger partial charge in [-0.15, -0.1) is 24.8 Å². The van der Waals surface area contributed by atoms with Crippen LogP contribution in [0.4, 0.5) is 5.69 Å². The van der Waals surface area contributed by atoms with Gasteiger partial charge in [-0.05, 0) is 0 Å². The van der Waals surface area contributed by atoms with Gasteiger partial charge in [-0.2, -0.15) is 0 Å². The maximum Gasteiger partial charge on any atom is -0.147 e. The summed E-state index contributed by atoms with van der Waals surface area (Å²) in [6.45, 7) is 28.2. The second kappa shape index (κ2) is 13.3. The van der Waals surface area contributed by atoms with Crippen molar-refractivity contribution in [3.63, 3.8) is 0 Å². The number of hydrogen-bond acceptors (Lipinski definition) is 1. The Labute approximate surface area is 312 Å². The molecule has 0 saturated heterocycles. The third kappa shape index (κ3) is 6.77. The number of anilines is 1. The zero-order chi connectivity index (χ0) is 34.5. The Balaban J connectivity index is 0.00000270. The van der Waals surface area contributed by atoms with Crippen LogP contribution in [0.3, 0.4) is 0 Å². The smallest absolute Gasteiger partial charge is 0.147 e. The molecule has 2 unspecified atom stereocenters. The number of nitrogens with zero attached hydrogens (tertiary/aromatic N) is 1. The van der Waals surface area contributed by atoms with Crippen LogP contribution in [0.25, 0.3) is 17.2 Å². The molecule has 1 nitrogen and oxygen atoms in total. The summed E-state index contributed by atoms with van der Waals surface area (Å²) in [6.07, 6.45) is 7.73. The molecule has 0 amide bonds.